The summed E-state index contributed by atoms with van der Waals surface area (Å²) in [4.78, 5) is 0. The highest BCUT2D eigenvalue weighted by atomic mass is 79.9. The minimum Gasteiger partial charge on any atom is -0.457 e. The van der Waals surface area contributed by atoms with Crippen LogP contribution in [0, 0.1) is 5.82 Å². The monoisotopic (exact) mass is 413 g/mol. The first-order valence-electron chi connectivity index (χ1n) is 6.76. The molecule has 0 unspecified atom stereocenters. The van der Waals surface area contributed by atoms with Gasteiger partial charge in [0.15, 0.2) is 0 Å². The molecule has 1 aliphatic rings. The number of halogens is 3. The number of hydrogen-bond donors (Lipinski definition) is 1. The van der Waals surface area contributed by atoms with Crippen LogP contribution in [-0.4, -0.2) is 6.04 Å². The molecule has 110 valence electrons. The number of ether oxygens (including phenoxy) is 1. The SMILES string of the molecule is Fc1cc(Br)cc(Oc2ccc(CNC3CC3)c(Br)c2)c1. The van der Waals surface area contributed by atoms with E-state index in [4.69, 9.17) is 4.74 Å². The van der Waals surface area contributed by atoms with E-state index in [1.54, 1.807) is 6.07 Å². The van der Waals surface area contributed by atoms with E-state index in [0.29, 0.717) is 22.0 Å². The number of nitrogens with one attached hydrogen (secondary N) is 1. The molecule has 0 atom stereocenters. The standard InChI is InChI=1S/C16H14Br2FNO/c17-11-5-12(19)7-15(6-11)21-14-4-1-10(16(18)8-14)9-20-13-2-3-13/h1,4-8,13,20H,2-3,9H2. The maximum atomic E-state index is 13.3. The minimum absolute atomic E-state index is 0.330. The predicted molar refractivity (Wildman–Crippen MR) is 88.2 cm³/mol. The van der Waals surface area contributed by atoms with Crippen molar-refractivity contribution in [2.45, 2.75) is 25.4 Å². The Kier molecular flexibility index (Phi) is 4.62. The topological polar surface area (TPSA) is 21.3 Å². The molecule has 21 heavy (non-hydrogen) atoms. The Hall–Kier alpha value is -0.910. The second-order valence-corrected chi connectivity index (χ2v) is 6.89. The smallest absolute Gasteiger partial charge is 0.131 e. The van der Waals surface area contributed by atoms with E-state index in [2.05, 4.69) is 37.2 Å². The predicted octanol–water partition coefficient (Wildman–Crippen LogP) is 5.40. The Bertz CT molecular complexity index is 638. The van der Waals surface area contributed by atoms with Crippen LogP contribution in [-0.2, 0) is 6.54 Å². The van der Waals surface area contributed by atoms with E-state index in [1.807, 2.05) is 18.2 Å². The van der Waals surface area contributed by atoms with E-state index in [9.17, 15) is 4.39 Å². The Morgan fingerprint density at radius 3 is 2.57 bits per heavy atom. The van der Waals surface area contributed by atoms with Crippen LogP contribution in [0.1, 0.15) is 18.4 Å². The van der Waals surface area contributed by atoms with Crippen molar-refractivity contribution < 1.29 is 9.13 Å². The molecule has 1 fully saturated rings. The lowest BCUT2D eigenvalue weighted by atomic mass is 10.2. The largest absolute Gasteiger partial charge is 0.457 e. The van der Waals surface area contributed by atoms with Crippen molar-refractivity contribution in [3.63, 3.8) is 0 Å². The lowest BCUT2D eigenvalue weighted by molar-refractivity contribution is 0.475. The number of rotatable bonds is 5. The summed E-state index contributed by atoms with van der Waals surface area (Å²) >= 11 is 6.81. The van der Waals surface area contributed by atoms with E-state index < -0.39 is 0 Å². The molecule has 1 saturated carbocycles. The van der Waals surface area contributed by atoms with Crippen LogP contribution in [0.25, 0.3) is 0 Å². The first-order chi connectivity index (χ1) is 10.1. The molecule has 3 rings (SSSR count). The molecule has 0 aliphatic heterocycles. The van der Waals surface area contributed by atoms with Gasteiger partial charge in [0.25, 0.3) is 0 Å². The van der Waals surface area contributed by atoms with E-state index in [0.717, 1.165) is 11.0 Å². The molecule has 2 aromatic carbocycles. The molecule has 2 aromatic rings. The molecule has 0 saturated heterocycles. The van der Waals surface area contributed by atoms with Gasteiger partial charge in [-0.25, -0.2) is 4.39 Å². The summed E-state index contributed by atoms with van der Waals surface area (Å²) in [5.41, 5.74) is 1.19. The van der Waals surface area contributed by atoms with Gasteiger partial charge in [0, 0.05) is 27.6 Å². The molecule has 0 radical (unpaired) electrons. The zero-order chi connectivity index (χ0) is 14.8. The summed E-state index contributed by atoms with van der Waals surface area (Å²) in [6.07, 6.45) is 2.54. The van der Waals surface area contributed by atoms with Gasteiger partial charge < -0.3 is 10.1 Å². The first kappa shape index (κ1) is 15.0. The van der Waals surface area contributed by atoms with Crippen LogP contribution in [0.2, 0.25) is 0 Å². The van der Waals surface area contributed by atoms with Crippen LogP contribution >= 0.6 is 31.9 Å². The van der Waals surface area contributed by atoms with Crippen molar-refractivity contribution >= 4 is 31.9 Å². The Morgan fingerprint density at radius 1 is 1.10 bits per heavy atom. The zero-order valence-corrected chi connectivity index (χ0v) is 14.4. The van der Waals surface area contributed by atoms with Gasteiger partial charge in [-0.2, -0.15) is 0 Å². The molecule has 5 heteroatoms. The first-order valence-corrected chi connectivity index (χ1v) is 8.34. The lowest BCUT2D eigenvalue weighted by Gasteiger charge is -2.10. The third kappa shape index (κ3) is 4.28. The van der Waals surface area contributed by atoms with Gasteiger partial charge >= 0.3 is 0 Å². The van der Waals surface area contributed by atoms with Gasteiger partial charge in [-0.15, -0.1) is 0 Å². The third-order valence-electron chi connectivity index (χ3n) is 3.25. The van der Waals surface area contributed by atoms with Gasteiger partial charge in [0.1, 0.15) is 17.3 Å². The average molecular weight is 415 g/mol. The summed E-state index contributed by atoms with van der Waals surface area (Å²) in [6, 6.07) is 11.0. The molecule has 0 bridgehead atoms. The molecule has 0 spiro atoms. The highest BCUT2D eigenvalue weighted by molar-refractivity contribution is 9.10. The normalized spacial score (nSPS) is 14.2. The number of benzene rings is 2. The highest BCUT2D eigenvalue weighted by Crippen LogP contribution is 2.30. The Labute approximate surface area is 140 Å². The van der Waals surface area contributed by atoms with Crippen LogP contribution in [0.4, 0.5) is 4.39 Å². The number of hydrogen-bond acceptors (Lipinski definition) is 2. The molecule has 1 aliphatic carbocycles. The minimum atomic E-state index is -0.330. The lowest BCUT2D eigenvalue weighted by Crippen LogP contribution is -2.15. The van der Waals surface area contributed by atoms with Crippen molar-refractivity contribution in [1.29, 1.82) is 0 Å². The molecule has 2 nitrogen and oxygen atoms in total. The van der Waals surface area contributed by atoms with Gasteiger partial charge in [-0.05, 0) is 42.7 Å². The van der Waals surface area contributed by atoms with Gasteiger partial charge in [-0.3, -0.25) is 0 Å². The average Bonchev–Trinajstić information content (AvgIpc) is 3.20. The van der Waals surface area contributed by atoms with Crippen molar-refractivity contribution in [2.24, 2.45) is 0 Å². The van der Waals surface area contributed by atoms with Crippen LogP contribution in [0.3, 0.4) is 0 Å². The van der Waals surface area contributed by atoms with Crippen molar-refractivity contribution in [2.75, 3.05) is 0 Å². The molecule has 0 amide bonds. The van der Waals surface area contributed by atoms with Crippen LogP contribution in [0.15, 0.2) is 45.3 Å². The Morgan fingerprint density at radius 2 is 1.90 bits per heavy atom. The summed E-state index contributed by atoms with van der Waals surface area (Å²) < 4.78 is 20.7. The van der Waals surface area contributed by atoms with Crippen molar-refractivity contribution in [3.05, 3.63) is 56.7 Å². The van der Waals surface area contributed by atoms with E-state index in [1.165, 1.54) is 30.5 Å². The van der Waals surface area contributed by atoms with E-state index in [-0.39, 0.29) is 5.82 Å². The molecule has 0 heterocycles. The molecule has 1 N–H and O–H groups in total. The van der Waals surface area contributed by atoms with Gasteiger partial charge in [-0.1, -0.05) is 37.9 Å². The summed E-state index contributed by atoms with van der Waals surface area (Å²) in [5, 5.41) is 3.47. The molecular formula is C16H14Br2FNO. The second kappa shape index (κ2) is 6.46. The van der Waals surface area contributed by atoms with Gasteiger partial charge in [0.05, 0.1) is 0 Å². The van der Waals surface area contributed by atoms with Gasteiger partial charge in [0.2, 0.25) is 0 Å². The highest BCUT2D eigenvalue weighted by Gasteiger charge is 2.20. The fraction of sp³-hybridized carbons (Fsp3) is 0.250. The fourth-order valence-electron chi connectivity index (χ4n) is 2.00. The second-order valence-electron chi connectivity index (χ2n) is 5.12. The maximum Gasteiger partial charge on any atom is 0.131 e. The zero-order valence-electron chi connectivity index (χ0n) is 11.2. The van der Waals surface area contributed by atoms with Crippen LogP contribution < -0.4 is 10.1 Å². The van der Waals surface area contributed by atoms with Crippen molar-refractivity contribution in [3.8, 4) is 11.5 Å². The third-order valence-corrected chi connectivity index (χ3v) is 4.45. The maximum absolute atomic E-state index is 13.3. The van der Waals surface area contributed by atoms with Crippen molar-refractivity contribution in [1.82, 2.24) is 5.32 Å². The Balaban J connectivity index is 1.71. The summed E-state index contributed by atoms with van der Waals surface area (Å²) in [7, 11) is 0. The van der Waals surface area contributed by atoms with Crippen LogP contribution in [0.5, 0.6) is 11.5 Å². The fourth-order valence-corrected chi connectivity index (χ4v) is 2.94. The quantitative estimate of drug-likeness (QED) is 0.707. The summed E-state index contributed by atoms with van der Waals surface area (Å²) in [6.45, 7) is 0.844. The molecular weight excluding hydrogens is 401 g/mol. The molecule has 0 aromatic heterocycles. The van der Waals surface area contributed by atoms with E-state index >= 15 is 0 Å². The summed E-state index contributed by atoms with van der Waals surface area (Å²) in [5.74, 6) is 0.816.